The van der Waals surface area contributed by atoms with Gasteiger partial charge in [-0.1, -0.05) is 23.7 Å². The van der Waals surface area contributed by atoms with Gasteiger partial charge in [0, 0.05) is 24.0 Å². The van der Waals surface area contributed by atoms with Crippen LogP contribution in [0.2, 0.25) is 5.02 Å². The van der Waals surface area contributed by atoms with Crippen molar-refractivity contribution in [3.8, 4) is 5.69 Å². The highest BCUT2D eigenvalue weighted by Crippen LogP contribution is 2.15. The van der Waals surface area contributed by atoms with Crippen molar-refractivity contribution in [2.24, 2.45) is 0 Å². The molecule has 0 aliphatic heterocycles. The molecule has 0 spiro atoms. The Bertz CT molecular complexity index is 816. The summed E-state index contributed by atoms with van der Waals surface area (Å²) in [6.07, 6.45) is 3.55. The highest BCUT2D eigenvalue weighted by molar-refractivity contribution is 6.30. The molecule has 0 unspecified atom stereocenters. The Kier molecular flexibility index (Phi) is 4.39. The van der Waals surface area contributed by atoms with Gasteiger partial charge in [0.05, 0.1) is 11.3 Å². The summed E-state index contributed by atoms with van der Waals surface area (Å²) >= 11 is 5.67. The molecule has 2 aromatic carbocycles. The van der Waals surface area contributed by atoms with Crippen LogP contribution in [0.1, 0.15) is 15.9 Å². The van der Waals surface area contributed by atoms with Crippen molar-refractivity contribution in [1.29, 1.82) is 0 Å². The van der Waals surface area contributed by atoms with E-state index in [1.165, 1.54) is 12.1 Å². The molecule has 0 atom stereocenters. The average molecular weight is 330 g/mol. The molecule has 0 saturated heterocycles. The zero-order valence-electron chi connectivity index (χ0n) is 12.0. The number of aromatic nitrogens is 2. The first kappa shape index (κ1) is 15.2. The van der Waals surface area contributed by atoms with Crippen molar-refractivity contribution in [2.45, 2.75) is 6.54 Å². The number of rotatable bonds is 4. The van der Waals surface area contributed by atoms with Crippen LogP contribution in [0.3, 0.4) is 0 Å². The summed E-state index contributed by atoms with van der Waals surface area (Å²) in [6.45, 7) is 0.306. The van der Waals surface area contributed by atoms with Gasteiger partial charge in [0.15, 0.2) is 0 Å². The summed E-state index contributed by atoms with van der Waals surface area (Å²) in [4.78, 5) is 12.0. The average Bonchev–Trinajstić information content (AvgIpc) is 3.07. The van der Waals surface area contributed by atoms with Crippen LogP contribution < -0.4 is 5.32 Å². The molecule has 1 amide bonds. The molecule has 0 saturated carbocycles. The Morgan fingerprint density at radius 2 is 2.00 bits per heavy atom. The number of nitrogens with zero attached hydrogens (tertiary/aromatic N) is 2. The molecule has 0 radical (unpaired) electrons. The maximum absolute atomic E-state index is 13.7. The fraction of sp³-hybridized carbons (Fsp3) is 0.0588. The summed E-state index contributed by atoms with van der Waals surface area (Å²) in [5.41, 5.74) is 1.81. The predicted molar refractivity (Wildman–Crippen MR) is 86.1 cm³/mol. The van der Waals surface area contributed by atoms with Gasteiger partial charge in [0.25, 0.3) is 5.91 Å². The number of hydrogen-bond donors (Lipinski definition) is 1. The van der Waals surface area contributed by atoms with Gasteiger partial charge in [-0.05, 0) is 42.0 Å². The maximum atomic E-state index is 13.7. The quantitative estimate of drug-likeness (QED) is 0.795. The number of nitrogens with one attached hydrogen (secondary N) is 1. The normalized spacial score (nSPS) is 10.5. The molecule has 116 valence electrons. The summed E-state index contributed by atoms with van der Waals surface area (Å²) in [6, 6.07) is 13.4. The fourth-order valence-corrected chi connectivity index (χ4v) is 2.30. The molecule has 3 rings (SSSR count). The van der Waals surface area contributed by atoms with Gasteiger partial charge in [-0.15, -0.1) is 0 Å². The smallest absolute Gasteiger partial charge is 0.254 e. The minimum absolute atomic E-state index is 0.0254. The SMILES string of the molecule is O=C(NCc1ccc(-n2cccn2)cc1)c1ccc(Cl)cc1F. The number of halogens is 2. The highest BCUT2D eigenvalue weighted by atomic mass is 35.5. The van der Waals surface area contributed by atoms with Gasteiger partial charge < -0.3 is 5.32 Å². The first-order valence-electron chi connectivity index (χ1n) is 6.96. The lowest BCUT2D eigenvalue weighted by atomic mass is 10.1. The van der Waals surface area contributed by atoms with Crippen LogP contribution in [0.25, 0.3) is 5.69 Å². The van der Waals surface area contributed by atoms with Crippen molar-refractivity contribution in [1.82, 2.24) is 15.1 Å². The first-order valence-corrected chi connectivity index (χ1v) is 7.33. The second kappa shape index (κ2) is 6.62. The standard InChI is InChI=1S/C17H13ClFN3O/c18-13-4-7-15(16(19)10-13)17(23)20-11-12-2-5-14(6-3-12)22-9-1-8-21-22/h1-10H,11H2,(H,20,23). The third-order valence-electron chi connectivity index (χ3n) is 3.33. The fourth-order valence-electron chi connectivity index (χ4n) is 2.14. The largest absolute Gasteiger partial charge is 0.348 e. The zero-order valence-corrected chi connectivity index (χ0v) is 12.8. The molecule has 0 bridgehead atoms. The molecule has 0 aliphatic carbocycles. The van der Waals surface area contributed by atoms with Gasteiger partial charge in [-0.3, -0.25) is 4.79 Å². The topological polar surface area (TPSA) is 46.9 Å². The lowest BCUT2D eigenvalue weighted by Crippen LogP contribution is -2.23. The second-order valence-electron chi connectivity index (χ2n) is 4.92. The van der Waals surface area contributed by atoms with Crippen molar-refractivity contribution in [2.75, 3.05) is 0 Å². The first-order chi connectivity index (χ1) is 11.1. The lowest BCUT2D eigenvalue weighted by molar-refractivity contribution is 0.0947. The summed E-state index contributed by atoms with van der Waals surface area (Å²) < 4.78 is 15.4. The summed E-state index contributed by atoms with van der Waals surface area (Å²) in [7, 11) is 0. The number of carbonyl (C=O) groups is 1. The summed E-state index contributed by atoms with van der Waals surface area (Å²) in [5.74, 6) is -1.11. The number of benzene rings is 2. The van der Waals surface area contributed by atoms with E-state index >= 15 is 0 Å². The molecular weight excluding hydrogens is 317 g/mol. The van der Waals surface area contributed by atoms with E-state index in [-0.39, 0.29) is 10.6 Å². The maximum Gasteiger partial charge on any atom is 0.254 e. The lowest BCUT2D eigenvalue weighted by Gasteiger charge is -2.08. The van der Waals surface area contributed by atoms with Gasteiger partial charge >= 0.3 is 0 Å². The Balaban J connectivity index is 1.65. The molecule has 23 heavy (non-hydrogen) atoms. The molecule has 6 heteroatoms. The van der Waals surface area contributed by atoms with Gasteiger partial charge in [-0.2, -0.15) is 5.10 Å². The van der Waals surface area contributed by atoms with Gasteiger partial charge in [0.1, 0.15) is 5.82 Å². The zero-order chi connectivity index (χ0) is 16.2. The monoisotopic (exact) mass is 329 g/mol. The third kappa shape index (κ3) is 3.57. The van der Waals surface area contributed by atoms with Crippen molar-refractivity contribution < 1.29 is 9.18 Å². The van der Waals surface area contributed by atoms with Gasteiger partial charge in [-0.25, -0.2) is 9.07 Å². The van der Waals surface area contributed by atoms with E-state index in [2.05, 4.69) is 10.4 Å². The van der Waals surface area contributed by atoms with Crippen molar-refractivity contribution in [3.05, 3.63) is 82.9 Å². The highest BCUT2D eigenvalue weighted by Gasteiger charge is 2.11. The molecule has 0 aliphatic rings. The van der Waals surface area contributed by atoms with E-state index < -0.39 is 11.7 Å². The number of amides is 1. The predicted octanol–water partition coefficient (Wildman–Crippen LogP) is 3.59. The van der Waals surface area contributed by atoms with E-state index in [4.69, 9.17) is 11.6 Å². The Morgan fingerprint density at radius 3 is 2.65 bits per heavy atom. The molecule has 1 aromatic heterocycles. The van der Waals surface area contributed by atoms with E-state index in [1.54, 1.807) is 10.9 Å². The van der Waals surface area contributed by atoms with E-state index in [0.717, 1.165) is 17.3 Å². The Morgan fingerprint density at radius 1 is 1.22 bits per heavy atom. The molecule has 0 fully saturated rings. The molecule has 1 heterocycles. The minimum Gasteiger partial charge on any atom is -0.348 e. The van der Waals surface area contributed by atoms with Crippen molar-refractivity contribution in [3.63, 3.8) is 0 Å². The third-order valence-corrected chi connectivity index (χ3v) is 3.57. The van der Waals surface area contributed by atoms with Crippen LogP contribution in [0.15, 0.2) is 60.9 Å². The van der Waals surface area contributed by atoms with Gasteiger partial charge in [0.2, 0.25) is 0 Å². The van der Waals surface area contributed by atoms with Crippen LogP contribution in [-0.4, -0.2) is 15.7 Å². The van der Waals surface area contributed by atoms with Crippen LogP contribution in [0.5, 0.6) is 0 Å². The molecule has 3 aromatic rings. The van der Waals surface area contributed by atoms with Crippen LogP contribution >= 0.6 is 11.6 Å². The minimum atomic E-state index is -0.635. The number of carbonyl (C=O) groups excluding carboxylic acids is 1. The van der Waals surface area contributed by atoms with Crippen LogP contribution in [0, 0.1) is 5.82 Å². The van der Waals surface area contributed by atoms with E-state index in [1.807, 2.05) is 36.5 Å². The van der Waals surface area contributed by atoms with Crippen molar-refractivity contribution >= 4 is 17.5 Å². The second-order valence-corrected chi connectivity index (χ2v) is 5.36. The van der Waals surface area contributed by atoms with Crippen LogP contribution in [0.4, 0.5) is 4.39 Å². The summed E-state index contributed by atoms with van der Waals surface area (Å²) in [5, 5.41) is 7.08. The van der Waals surface area contributed by atoms with E-state index in [0.29, 0.717) is 6.54 Å². The number of hydrogen-bond acceptors (Lipinski definition) is 2. The van der Waals surface area contributed by atoms with Crippen LogP contribution in [-0.2, 0) is 6.54 Å². The molecular formula is C17H13ClFN3O. The Hall–Kier alpha value is -2.66. The van der Waals surface area contributed by atoms with E-state index in [9.17, 15) is 9.18 Å². The molecule has 1 N–H and O–H groups in total. The Labute approximate surface area is 137 Å². The molecule has 4 nitrogen and oxygen atoms in total.